The number of nitrogens with zero attached hydrogens (tertiary/aromatic N) is 1. The molecule has 2 aromatic rings. The molecule has 0 aliphatic carbocycles. The minimum atomic E-state index is 0.456. The Labute approximate surface area is 126 Å². The van der Waals surface area contributed by atoms with E-state index >= 15 is 0 Å². The maximum Gasteiger partial charge on any atom is 0.219 e. The van der Waals surface area contributed by atoms with Crippen LogP contribution in [0.25, 0.3) is 0 Å². The van der Waals surface area contributed by atoms with Crippen molar-refractivity contribution in [2.24, 2.45) is 0 Å². The summed E-state index contributed by atoms with van der Waals surface area (Å²) in [5.74, 6) is 1.94. The fourth-order valence-corrected chi connectivity index (χ4v) is 1.87. The van der Waals surface area contributed by atoms with Gasteiger partial charge < -0.3 is 14.8 Å². The Kier molecular flexibility index (Phi) is 5.17. The number of aromatic nitrogens is 1. The summed E-state index contributed by atoms with van der Waals surface area (Å²) in [6.45, 7) is 7.06. The second-order valence-corrected chi connectivity index (χ2v) is 5.30. The van der Waals surface area contributed by atoms with Gasteiger partial charge in [-0.2, -0.15) is 0 Å². The molecule has 1 heterocycles. The highest BCUT2D eigenvalue weighted by atomic mass is 16.5. The number of benzene rings is 1. The number of aryl methyl sites for hydroxylation is 1. The molecule has 0 aliphatic rings. The fourth-order valence-electron chi connectivity index (χ4n) is 1.87. The molecule has 0 aliphatic heterocycles. The van der Waals surface area contributed by atoms with Gasteiger partial charge in [0.2, 0.25) is 5.88 Å². The summed E-state index contributed by atoms with van der Waals surface area (Å²) < 4.78 is 11.1. The van der Waals surface area contributed by atoms with Crippen LogP contribution in [0.2, 0.25) is 0 Å². The molecule has 112 valence electrons. The van der Waals surface area contributed by atoms with Gasteiger partial charge >= 0.3 is 0 Å². The third-order valence-electron chi connectivity index (χ3n) is 3.05. The molecule has 4 nitrogen and oxygen atoms in total. The fraction of sp³-hybridized carbons (Fsp3) is 0.353. The van der Waals surface area contributed by atoms with Crippen molar-refractivity contribution in [3.05, 3.63) is 47.7 Å². The molecule has 0 amide bonds. The van der Waals surface area contributed by atoms with Crippen molar-refractivity contribution in [1.82, 2.24) is 10.3 Å². The number of ether oxygens (including phenoxy) is 2. The Hall–Kier alpha value is -2.07. The molecule has 1 aromatic carbocycles. The van der Waals surface area contributed by atoms with E-state index in [1.54, 1.807) is 7.11 Å². The number of nitrogens with one attached hydrogen (secondary N) is 1. The van der Waals surface area contributed by atoms with Crippen molar-refractivity contribution in [3.63, 3.8) is 0 Å². The van der Waals surface area contributed by atoms with E-state index in [1.807, 2.05) is 43.5 Å². The van der Waals surface area contributed by atoms with E-state index in [-0.39, 0.29) is 0 Å². The van der Waals surface area contributed by atoms with Crippen LogP contribution in [-0.2, 0) is 6.54 Å². The van der Waals surface area contributed by atoms with Crippen molar-refractivity contribution >= 4 is 0 Å². The zero-order valence-corrected chi connectivity index (χ0v) is 13.0. The minimum absolute atomic E-state index is 0.456. The second-order valence-electron chi connectivity index (χ2n) is 5.30. The van der Waals surface area contributed by atoms with Gasteiger partial charge in [0.1, 0.15) is 0 Å². The van der Waals surface area contributed by atoms with Gasteiger partial charge in [-0.3, -0.25) is 0 Å². The lowest BCUT2D eigenvalue weighted by Gasteiger charge is -2.11. The first-order valence-electron chi connectivity index (χ1n) is 7.09. The van der Waals surface area contributed by atoms with Crippen LogP contribution in [0, 0.1) is 6.92 Å². The van der Waals surface area contributed by atoms with Gasteiger partial charge in [-0.25, -0.2) is 4.98 Å². The lowest BCUT2D eigenvalue weighted by Crippen LogP contribution is -2.21. The third-order valence-corrected chi connectivity index (χ3v) is 3.05. The molecule has 1 aromatic heterocycles. The maximum atomic E-state index is 5.78. The Bertz CT molecular complexity index is 580. The van der Waals surface area contributed by atoms with Crippen LogP contribution in [0.5, 0.6) is 17.4 Å². The summed E-state index contributed by atoms with van der Waals surface area (Å²) in [5.41, 5.74) is 2.26. The Balaban J connectivity index is 2.06. The Morgan fingerprint density at radius 1 is 1.14 bits per heavy atom. The molecule has 21 heavy (non-hydrogen) atoms. The molecule has 0 radical (unpaired) electrons. The molecule has 1 N–H and O–H groups in total. The molecule has 0 saturated carbocycles. The number of rotatable bonds is 6. The zero-order valence-electron chi connectivity index (χ0n) is 13.0. The van der Waals surface area contributed by atoms with Crippen LogP contribution in [0.3, 0.4) is 0 Å². The van der Waals surface area contributed by atoms with Crippen molar-refractivity contribution in [1.29, 1.82) is 0 Å². The summed E-state index contributed by atoms with van der Waals surface area (Å²) >= 11 is 0. The van der Waals surface area contributed by atoms with Gasteiger partial charge in [0.25, 0.3) is 0 Å². The highest BCUT2D eigenvalue weighted by Crippen LogP contribution is 2.31. The van der Waals surface area contributed by atoms with E-state index in [2.05, 4.69) is 24.1 Å². The third kappa shape index (κ3) is 4.46. The highest BCUT2D eigenvalue weighted by Gasteiger charge is 2.06. The lowest BCUT2D eigenvalue weighted by molar-refractivity contribution is 0.373. The average Bonchev–Trinajstić information content (AvgIpc) is 2.48. The van der Waals surface area contributed by atoms with Gasteiger partial charge in [-0.1, -0.05) is 26.0 Å². The maximum absolute atomic E-state index is 5.78. The summed E-state index contributed by atoms with van der Waals surface area (Å²) in [5, 5.41) is 3.35. The number of methoxy groups -OCH3 is 1. The van der Waals surface area contributed by atoms with Gasteiger partial charge in [-0.15, -0.1) is 0 Å². The Morgan fingerprint density at radius 3 is 2.57 bits per heavy atom. The van der Waals surface area contributed by atoms with Gasteiger partial charge in [0.05, 0.1) is 7.11 Å². The quantitative estimate of drug-likeness (QED) is 0.879. The van der Waals surface area contributed by atoms with Crippen molar-refractivity contribution in [2.45, 2.75) is 33.4 Å². The molecule has 0 bridgehead atoms. The van der Waals surface area contributed by atoms with E-state index in [0.717, 1.165) is 17.7 Å². The molecule has 0 spiro atoms. The van der Waals surface area contributed by atoms with Gasteiger partial charge in [0, 0.05) is 24.8 Å². The molecular weight excluding hydrogens is 264 g/mol. The first kappa shape index (κ1) is 15.3. The normalized spacial score (nSPS) is 10.7. The number of hydrogen-bond acceptors (Lipinski definition) is 4. The van der Waals surface area contributed by atoms with E-state index in [9.17, 15) is 0 Å². The summed E-state index contributed by atoms with van der Waals surface area (Å²) in [4.78, 5) is 4.33. The standard InChI is InChI=1S/C17H22N2O2/c1-12(2)18-10-14-6-8-17(19-11-14)21-15-7-5-13(3)9-16(15)20-4/h5-9,11-12,18H,10H2,1-4H3. The van der Waals surface area contributed by atoms with Crippen LogP contribution in [0.1, 0.15) is 25.0 Å². The molecule has 0 atom stereocenters. The zero-order chi connectivity index (χ0) is 15.2. The van der Waals surface area contributed by atoms with Crippen LogP contribution in [0.15, 0.2) is 36.5 Å². The van der Waals surface area contributed by atoms with Crippen molar-refractivity contribution in [2.75, 3.05) is 7.11 Å². The topological polar surface area (TPSA) is 43.4 Å². The van der Waals surface area contributed by atoms with E-state index in [0.29, 0.717) is 23.4 Å². The van der Waals surface area contributed by atoms with E-state index < -0.39 is 0 Å². The Morgan fingerprint density at radius 2 is 1.95 bits per heavy atom. The number of hydrogen-bond donors (Lipinski definition) is 1. The van der Waals surface area contributed by atoms with Crippen LogP contribution < -0.4 is 14.8 Å². The van der Waals surface area contributed by atoms with Crippen LogP contribution >= 0.6 is 0 Å². The predicted molar refractivity (Wildman–Crippen MR) is 84.0 cm³/mol. The highest BCUT2D eigenvalue weighted by molar-refractivity contribution is 5.44. The molecule has 0 saturated heterocycles. The lowest BCUT2D eigenvalue weighted by atomic mass is 10.2. The van der Waals surface area contributed by atoms with Gasteiger partial charge in [-0.05, 0) is 30.2 Å². The number of pyridine rings is 1. The summed E-state index contributed by atoms with van der Waals surface area (Å²) in [6.07, 6.45) is 1.82. The molecule has 0 unspecified atom stereocenters. The monoisotopic (exact) mass is 286 g/mol. The average molecular weight is 286 g/mol. The summed E-state index contributed by atoms with van der Waals surface area (Å²) in [6, 6.07) is 10.2. The van der Waals surface area contributed by atoms with E-state index in [1.165, 1.54) is 0 Å². The van der Waals surface area contributed by atoms with E-state index in [4.69, 9.17) is 9.47 Å². The molecule has 0 fully saturated rings. The molecule has 4 heteroatoms. The van der Waals surface area contributed by atoms with Crippen LogP contribution in [0.4, 0.5) is 0 Å². The largest absolute Gasteiger partial charge is 0.493 e. The molecular formula is C17H22N2O2. The predicted octanol–water partition coefficient (Wildman–Crippen LogP) is 3.69. The first-order chi connectivity index (χ1) is 10.1. The SMILES string of the molecule is COc1cc(C)ccc1Oc1ccc(CNC(C)C)cn1. The minimum Gasteiger partial charge on any atom is -0.493 e. The molecule has 2 rings (SSSR count). The van der Waals surface area contributed by atoms with Crippen molar-refractivity contribution < 1.29 is 9.47 Å². The second kappa shape index (κ2) is 7.09. The smallest absolute Gasteiger partial charge is 0.219 e. The van der Waals surface area contributed by atoms with Crippen molar-refractivity contribution in [3.8, 4) is 17.4 Å². The first-order valence-corrected chi connectivity index (χ1v) is 7.09. The van der Waals surface area contributed by atoms with Gasteiger partial charge in [0.15, 0.2) is 11.5 Å². The summed E-state index contributed by atoms with van der Waals surface area (Å²) in [7, 11) is 1.63. The van der Waals surface area contributed by atoms with Crippen LogP contribution in [-0.4, -0.2) is 18.1 Å².